The first-order chi connectivity index (χ1) is 12.8. The van der Waals surface area contributed by atoms with Crippen LogP contribution in [0.4, 0.5) is 5.13 Å². The van der Waals surface area contributed by atoms with Crippen molar-refractivity contribution in [3.63, 3.8) is 0 Å². The van der Waals surface area contributed by atoms with E-state index in [4.69, 9.17) is 4.74 Å². The van der Waals surface area contributed by atoms with Crippen molar-refractivity contribution >= 4 is 32.6 Å². The molecule has 0 aliphatic rings. The van der Waals surface area contributed by atoms with Crippen LogP contribution in [0.5, 0.6) is 5.75 Å². The lowest BCUT2D eigenvalue weighted by Gasteiger charge is -2.12. The Morgan fingerprint density at radius 1 is 1.04 bits per heavy atom. The van der Waals surface area contributed by atoms with Crippen molar-refractivity contribution in [2.75, 3.05) is 12.4 Å². The van der Waals surface area contributed by atoms with Crippen LogP contribution in [0.25, 0.3) is 21.3 Å². The van der Waals surface area contributed by atoms with E-state index in [1.165, 1.54) is 11.3 Å². The first-order valence-corrected chi connectivity index (χ1v) is 8.67. The van der Waals surface area contributed by atoms with Crippen molar-refractivity contribution in [1.29, 1.82) is 0 Å². The summed E-state index contributed by atoms with van der Waals surface area (Å²) in [6, 6.07) is 11.1. The minimum absolute atomic E-state index is 0.250. The molecule has 26 heavy (non-hydrogen) atoms. The van der Waals surface area contributed by atoms with Crippen LogP contribution in [0.15, 0.2) is 61.2 Å². The van der Waals surface area contributed by atoms with Gasteiger partial charge in [0.15, 0.2) is 5.13 Å². The van der Waals surface area contributed by atoms with E-state index in [1.807, 2.05) is 30.3 Å². The Labute approximate surface area is 153 Å². The van der Waals surface area contributed by atoms with E-state index in [2.05, 4.69) is 20.3 Å². The number of nitrogens with one attached hydrogen (secondary N) is 1. The maximum atomic E-state index is 12.9. The summed E-state index contributed by atoms with van der Waals surface area (Å²) in [6.45, 7) is 0. The first-order valence-electron chi connectivity index (χ1n) is 7.85. The predicted molar refractivity (Wildman–Crippen MR) is 102 cm³/mol. The van der Waals surface area contributed by atoms with Gasteiger partial charge in [0.05, 0.1) is 23.6 Å². The molecular weight excluding hydrogens is 348 g/mol. The lowest BCUT2D eigenvalue weighted by Crippen LogP contribution is -2.13. The number of ether oxygens (including phenoxy) is 1. The Morgan fingerprint density at radius 2 is 1.85 bits per heavy atom. The number of fused-ring (bicyclic) bond motifs is 1. The molecular formula is C19H14N4O2S. The molecule has 1 amide bonds. The predicted octanol–water partition coefficient (Wildman–Crippen LogP) is 4.01. The number of thiazole rings is 1. The smallest absolute Gasteiger partial charge is 0.258 e. The Balaban J connectivity index is 1.70. The monoisotopic (exact) mass is 362 g/mol. The molecule has 6 nitrogen and oxygen atoms in total. The van der Waals surface area contributed by atoms with Gasteiger partial charge in [0.25, 0.3) is 5.91 Å². The van der Waals surface area contributed by atoms with Crippen LogP contribution in [0.3, 0.4) is 0 Å². The van der Waals surface area contributed by atoms with E-state index >= 15 is 0 Å². The lowest BCUT2D eigenvalue weighted by molar-refractivity contribution is 0.102. The summed E-state index contributed by atoms with van der Waals surface area (Å²) in [7, 11) is 1.60. The molecule has 3 aromatic heterocycles. The molecule has 0 fully saturated rings. The number of nitrogens with zero attached hydrogens (tertiary/aromatic N) is 3. The molecule has 0 spiro atoms. The van der Waals surface area contributed by atoms with E-state index in [9.17, 15) is 4.79 Å². The maximum Gasteiger partial charge on any atom is 0.258 e. The second kappa shape index (κ2) is 6.89. The summed E-state index contributed by atoms with van der Waals surface area (Å²) < 4.78 is 6.38. The number of methoxy groups -OCH3 is 1. The molecule has 0 aliphatic carbocycles. The minimum Gasteiger partial charge on any atom is -0.496 e. The highest BCUT2D eigenvalue weighted by atomic mass is 32.1. The van der Waals surface area contributed by atoms with Crippen molar-refractivity contribution in [1.82, 2.24) is 15.0 Å². The summed E-state index contributed by atoms with van der Waals surface area (Å²) in [5.74, 6) is 0.431. The minimum atomic E-state index is -0.250. The normalized spacial score (nSPS) is 10.7. The fourth-order valence-corrected chi connectivity index (χ4v) is 3.50. The lowest BCUT2D eigenvalue weighted by atomic mass is 10.0. The van der Waals surface area contributed by atoms with Gasteiger partial charge in [0, 0.05) is 29.7 Å². The van der Waals surface area contributed by atoms with Crippen molar-refractivity contribution in [2.24, 2.45) is 0 Å². The zero-order valence-corrected chi connectivity index (χ0v) is 14.7. The Bertz CT molecular complexity index is 1060. The van der Waals surface area contributed by atoms with Crippen LogP contribution in [-0.4, -0.2) is 28.0 Å². The topological polar surface area (TPSA) is 77.0 Å². The van der Waals surface area contributed by atoms with Gasteiger partial charge in [-0.2, -0.15) is 0 Å². The van der Waals surface area contributed by atoms with Gasteiger partial charge < -0.3 is 4.74 Å². The standard InChI is InChI=1S/C19H14N4O2S/c1-25-16-5-3-2-4-12(16)14-10-20-8-6-13(14)18(24)23-19-22-15-11-21-9-7-17(15)26-19/h2-11H,1H3,(H,22,23,24). The summed E-state index contributed by atoms with van der Waals surface area (Å²) in [5, 5.41) is 3.40. The molecule has 4 aromatic rings. The number of carbonyl (C=O) groups is 1. The number of rotatable bonds is 4. The van der Waals surface area contributed by atoms with Crippen molar-refractivity contribution in [2.45, 2.75) is 0 Å². The number of hydrogen-bond acceptors (Lipinski definition) is 6. The number of pyridine rings is 2. The fourth-order valence-electron chi connectivity index (χ4n) is 2.67. The van der Waals surface area contributed by atoms with Gasteiger partial charge >= 0.3 is 0 Å². The zero-order chi connectivity index (χ0) is 17.9. The van der Waals surface area contributed by atoms with Crippen LogP contribution in [0.2, 0.25) is 0 Å². The third-order valence-corrected chi connectivity index (χ3v) is 4.83. The van der Waals surface area contributed by atoms with E-state index < -0.39 is 0 Å². The molecule has 3 heterocycles. The third-order valence-electron chi connectivity index (χ3n) is 3.87. The van der Waals surface area contributed by atoms with Gasteiger partial charge in [0.1, 0.15) is 11.3 Å². The molecule has 0 saturated carbocycles. The molecule has 4 rings (SSSR count). The quantitative estimate of drug-likeness (QED) is 0.593. The van der Waals surface area contributed by atoms with Crippen LogP contribution in [-0.2, 0) is 0 Å². The molecule has 1 N–H and O–H groups in total. The Kier molecular flexibility index (Phi) is 4.28. The first kappa shape index (κ1) is 16.2. The van der Waals surface area contributed by atoms with Crippen LogP contribution in [0.1, 0.15) is 10.4 Å². The number of benzene rings is 1. The van der Waals surface area contributed by atoms with Gasteiger partial charge in [-0.1, -0.05) is 29.5 Å². The van der Waals surface area contributed by atoms with E-state index in [0.29, 0.717) is 22.0 Å². The molecule has 0 unspecified atom stereocenters. The number of amides is 1. The summed E-state index contributed by atoms with van der Waals surface area (Å²) >= 11 is 1.41. The fraction of sp³-hybridized carbons (Fsp3) is 0.0526. The second-order valence-electron chi connectivity index (χ2n) is 5.44. The van der Waals surface area contributed by atoms with E-state index in [-0.39, 0.29) is 5.91 Å². The zero-order valence-electron chi connectivity index (χ0n) is 13.8. The Morgan fingerprint density at radius 3 is 2.69 bits per heavy atom. The molecule has 0 atom stereocenters. The molecule has 128 valence electrons. The van der Waals surface area contributed by atoms with Gasteiger partial charge in [0.2, 0.25) is 0 Å². The summed E-state index contributed by atoms with van der Waals surface area (Å²) in [4.78, 5) is 25.5. The summed E-state index contributed by atoms with van der Waals surface area (Å²) in [5.41, 5.74) is 2.77. The van der Waals surface area contributed by atoms with Gasteiger partial charge in [-0.15, -0.1) is 0 Å². The third kappa shape index (κ3) is 3.00. The summed E-state index contributed by atoms with van der Waals surface area (Å²) in [6.07, 6.45) is 6.63. The highest BCUT2D eigenvalue weighted by Gasteiger charge is 2.17. The largest absolute Gasteiger partial charge is 0.496 e. The number of anilines is 1. The van der Waals surface area contributed by atoms with Crippen LogP contribution in [0, 0.1) is 0 Å². The number of hydrogen-bond donors (Lipinski definition) is 1. The Hall–Kier alpha value is -3.32. The number of carbonyl (C=O) groups excluding carboxylic acids is 1. The number of aromatic nitrogens is 3. The number of para-hydroxylation sites is 1. The highest BCUT2D eigenvalue weighted by Crippen LogP contribution is 2.32. The maximum absolute atomic E-state index is 12.9. The van der Waals surface area contributed by atoms with Crippen molar-refractivity contribution in [3.8, 4) is 16.9 Å². The van der Waals surface area contributed by atoms with E-state index in [0.717, 1.165) is 15.8 Å². The average molecular weight is 362 g/mol. The molecule has 1 aromatic carbocycles. The second-order valence-corrected chi connectivity index (χ2v) is 6.47. The van der Waals surface area contributed by atoms with Gasteiger partial charge in [-0.25, -0.2) is 4.98 Å². The molecule has 0 bridgehead atoms. The molecule has 0 saturated heterocycles. The molecule has 0 aliphatic heterocycles. The van der Waals surface area contributed by atoms with Crippen molar-refractivity contribution < 1.29 is 9.53 Å². The molecule has 0 radical (unpaired) electrons. The van der Waals surface area contributed by atoms with Gasteiger partial charge in [-0.3, -0.25) is 20.1 Å². The van der Waals surface area contributed by atoms with Crippen LogP contribution < -0.4 is 10.1 Å². The van der Waals surface area contributed by atoms with E-state index in [1.54, 1.807) is 38.0 Å². The van der Waals surface area contributed by atoms with Crippen molar-refractivity contribution in [3.05, 3.63) is 66.7 Å². The SMILES string of the molecule is COc1ccccc1-c1cnccc1C(=O)Nc1nc2cnccc2s1. The average Bonchev–Trinajstić information content (AvgIpc) is 3.10. The highest BCUT2D eigenvalue weighted by molar-refractivity contribution is 7.22. The van der Waals surface area contributed by atoms with Crippen LogP contribution >= 0.6 is 11.3 Å². The van der Waals surface area contributed by atoms with Gasteiger partial charge in [-0.05, 0) is 18.2 Å². The molecule has 7 heteroatoms.